The van der Waals surface area contributed by atoms with Crippen LogP contribution in [0.3, 0.4) is 0 Å². The summed E-state index contributed by atoms with van der Waals surface area (Å²) in [5.41, 5.74) is 8.73. The zero-order valence-corrected chi connectivity index (χ0v) is 11.4. The summed E-state index contributed by atoms with van der Waals surface area (Å²) in [6.07, 6.45) is 1.09. The molecule has 0 aromatic heterocycles. The number of hydrogen-bond donors (Lipinski definition) is 2. The van der Waals surface area contributed by atoms with Gasteiger partial charge in [0, 0.05) is 29.9 Å². The number of hydrogen-bond acceptors (Lipinski definition) is 4. The first-order valence-electron chi connectivity index (χ1n) is 6.67. The van der Waals surface area contributed by atoms with Crippen molar-refractivity contribution in [3.8, 4) is 11.5 Å². The Kier molecular flexibility index (Phi) is 3.37. The van der Waals surface area contributed by atoms with Crippen LogP contribution in [-0.4, -0.2) is 19.8 Å². The van der Waals surface area contributed by atoms with Crippen LogP contribution < -0.4 is 20.5 Å². The largest absolute Gasteiger partial charge is 0.497 e. The zero-order chi connectivity index (χ0) is 13.9. The van der Waals surface area contributed by atoms with E-state index in [2.05, 4.69) is 11.4 Å². The molecular formula is C16H18N2O2. The number of anilines is 2. The Hall–Kier alpha value is -2.36. The van der Waals surface area contributed by atoms with E-state index in [-0.39, 0.29) is 6.10 Å². The highest BCUT2D eigenvalue weighted by Crippen LogP contribution is 2.28. The lowest BCUT2D eigenvalue weighted by Gasteiger charge is -2.14. The van der Waals surface area contributed by atoms with Crippen molar-refractivity contribution in [3.05, 3.63) is 48.0 Å². The maximum Gasteiger partial charge on any atom is 0.123 e. The van der Waals surface area contributed by atoms with Gasteiger partial charge in [-0.2, -0.15) is 0 Å². The van der Waals surface area contributed by atoms with E-state index >= 15 is 0 Å². The molecule has 1 atom stereocenters. The molecule has 3 N–H and O–H groups in total. The lowest BCUT2D eigenvalue weighted by Crippen LogP contribution is -2.24. The number of nitrogens with one attached hydrogen (secondary N) is 1. The van der Waals surface area contributed by atoms with Gasteiger partial charge in [0.2, 0.25) is 0 Å². The molecule has 0 fully saturated rings. The number of benzene rings is 2. The normalized spacial score (nSPS) is 16.4. The van der Waals surface area contributed by atoms with Crippen LogP contribution in [0.25, 0.3) is 0 Å². The van der Waals surface area contributed by atoms with Crippen molar-refractivity contribution < 1.29 is 9.47 Å². The molecule has 0 spiro atoms. The second-order valence-electron chi connectivity index (χ2n) is 4.93. The Morgan fingerprint density at radius 3 is 2.95 bits per heavy atom. The third-order valence-corrected chi connectivity index (χ3v) is 3.41. The van der Waals surface area contributed by atoms with Gasteiger partial charge in [0.05, 0.1) is 13.7 Å². The third-order valence-electron chi connectivity index (χ3n) is 3.41. The van der Waals surface area contributed by atoms with Gasteiger partial charge >= 0.3 is 0 Å². The Morgan fingerprint density at radius 1 is 1.30 bits per heavy atom. The van der Waals surface area contributed by atoms with Gasteiger partial charge in [-0.1, -0.05) is 18.2 Å². The second kappa shape index (κ2) is 5.33. The second-order valence-corrected chi connectivity index (χ2v) is 4.93. The first-order valence-corrected chi connectivity index (χ1v) is 6.67. The van der Waals surface area contributed by atoms with Crippen LogP contribution in [0, 0.1) is 0 Å². The molecule has 1 unspecified atom stereocenters. The van der Waals surface area contributed by atoms with Crippen LogP contribution in [0.5, 0.6) is 11.5 Å². The zero-order valence-electron chi connectivity index (χ0n) is 11.4. The minimum Gasteiger partial charge on any atom is -0.497 e. The van der Waals surface area contributed by atoms with E-state index < -0.39 is 0 Å². The Morgan fingerprint density at radius 2 is 2.15 bits per heavy atom. The Balaban J connectivity index is 1.63. The van der Waals surface area contributed by atoms with Gasteiger partial charge in [-0.25, -0.2) is 0 Å². The number of methoxy groups -OCH3 is 1. The van der Waals surface area contributed by atoms with Crippen LogP contribution in [0.2, 0.25) is 0 Å². The fourth-order valence-corrected chi connectivity index (χ4v) is 2.44. The minimum absolute atomic E-state index is 0.153. The van der Waals surface area contributed by atoms with E-state index in [1.807, 2.05) is 30.3 Å². The van der Waals surface area contributed by atoms with E-state index in [0.717, 1.165) is 30.2 Å². The quantitative estimate of drug-likeness (QED) is 0.839. The summed E-state index contributed by atoms with van der Waals surface area (Å²) in [5.74, 6) is 1.74. The van der Waals surface area contributed by atoms with E-state index in [0.29, 0.717) is 5.69 Å². The molecule has 104 valence electrons. The van der Waals surface area contributed by atoms with E-state index in [1.165, 1.54) is 5.56 Å². The highest BCUT2D eigenvalue weighted by molar-refractivity contribution is 5.59. The van der Waals surface area contributed by atoms with Crippen molar-refractivity contribution >= 4 is 11.4 Å². The van der Waals surface area contributed by atoms with Crippen LogP contribution >= 0.6 is 0 Å². The smallest absolute Gasteiger partial charge is 0.123 e. The molecule has 0 aliphatic carbocycles. The maximum absolute atomic E-state index is 5.89. The van der Waals surface area contributed by atoms with Crippen molar-refractivity contribution in [2.24, 2.45) is 0 Å². The molecular weight excluding hydrogens is 252 g/mol. The molecule has 0 radical (unpaired) electrons. The summed E-state index contributed by atoms with van der Waals surface area (Å²) in [5, 5.41) is 3.35. The van der Waals surface area contributed by atoms with Crippen molar-refractivity contribution in [2.45, 2.75) is 12.5 Å². The van der Waals surface area contributed by atoms with E-state index in [4.69, 9.17) is 15.2 Å². The van der Waals surface area contributed by atoms with Crippen LogP contribution in [0.4, 0.5) is 11.4 Å². The van der Waals surface area contributed by atoms with Crippen LogP contribution in [0.15, 0.2) is 42.5 Å². The molecule has 2 aromatic rings. The highest BCUT2D eigenvalue weighted by atomic mass is 16.5. The van der Waals surface area contributed by atoms with Crippen molar-refractivity contribution in [3.63, 3.8) is 0 Å². The topological polar surface area (TPSA) is 56.5 Å². The van der Waals surface area contributed by atoms with E-state index in [9.17, 15) is 0 Å². The molecule has 0 amide bonds. The number of rotatable bonds is 4. The summed E-state index contributed by atoms with van der Waals surface area (Å²) < 4.78 is 11.1. The first kappa shape index (κ1) is 12.7. The van der Waals surface area contributed by atoms with Gasteiger partial charge in [0.1, 0.15) is 17.6 Å². The van der Waals surface area contributed by atoms with Crippen LogP contribution in [-0.2, 0) is 6.42 Å². The fourth-order valence-electron chi connectivity index (χ4n) is 2.44. The molecule has 1 aliphatic heterocycles. The fraction of sp³-hybridized carbons (Fsp3) is 0.250. The Bertz CT molecular complexity index is 588. The van der Waals surface area contributed by atoms with Gasteiger partial charge in [-0.15, -0.1) is 0 Å². The molecule has 0 bridgehead atoms. The standard InChI is InChI=1S/C16H18N2O2/c1-19-14-8-12(17)7-13(9-14)18-10-15-6-11-4-2-3-5-16(11)20-15/h2-5,7-9,15,18H,6,10,17H2,1H3. The third kappa shape index (κ3) is 2.64. The molecule has 4 heteroatoms. The first-order chi connectivity index (χ1) is 9.74. The summed E-state index contributed by atoms with van der Waals surface area (Å²) in [7, 11) is 1.63. The summed E-state index contributed by atoms with van der Waals surface area (Å²) in [6.45, 7) is 0.737. The molecule has 1 aliphatic rings. The molecule has 0 saturated carbocycles. The summed E-state index contributed by atoms with van der Waals surface area (Å²) in [6, 6.07) is 13.8. The molecule has 3 rings (SSSR count). The maximum atomic E-state index is 5.89. The number of nitrogens with two attached hydrogens (primary N) is 1. The van der Waals surface area contributed by atoms with Gasteiger partial charge in [0.25, 0.3) is 0 Å². The minimum atomic E-state index is 0.153. The lowest BCUT2D eigenvalue weighted by atomic mass is 10.1. The highest BCUT2D eigenvalue weighted by Gasteiger charge is 2.21. The number of para-hydroxylation sites is 1. The predicted octanol–water partition coefficient (Wildman–Crippen LogP) is 2.69. The predicted molar refractivity (Wildman–Crippen MR) is 80.5 cm³/mol. The number of nitrogen functional groups attached to an aromatic ring is 1. The number of fused-ring (bicyclic) bond motifs is 1. The number of ether oxygens (including phenoxy) is 2. The SMILES string of the molecule is COc1cc(N)cc(NCC2Cc3ccccc3O2)c1. The van der Waals surface area contributed by atoms with Gasteiger partial charge in [-0.05, 0) is 17.7 Å². The van der Waals surface area contributed by atoms with Crippen LogP contribution in [0.1, 0.15) is 5.56 Å². The van der Waals surface area contributed by atoms with Gasteiger partial charge in [-0.3, -0.25) is 0 Å². The summed E-state index contributed by atoms with van der Waals surface area (Å²) >= 11 is 0. The monoisotopic (exact) mass is 270 g/mol. The summed E-state index contributed by atoms with van der Waals surface area (Å²) in [4.78, 5) is 0. The molecule has 2 aromatic carbocycles. The lowest BCUT2D eigenvalue weighted by molar-refractivity contribution is 0.246. The van der Waals surface area contributed by atoms with Crippen molar-refractivity contribution in [1.29, 1.82) is 0 Å². The average Bonchev–Trinajstić information content (AvgIpc) is 2.87. The van der Waals surface area contributed by atoms with E-state index in [1.54, 1.807) is 13.2 Å². The van der Waals surface area contributed by atoms with Crippen molar-refractivity contribution in [2.75, 3.05) is 24.7 Å². The molecule has 1 heterocycles. The average molecular weight is 270 g/mol. The molecule has 0 saturated heterocycles. The molecule has 4 nitrogen and oxygen atoms in total. The van der Waals surface area contributed by atoms with Gasteiger partial charge < -0.3 is 20.5 Å². The van der Waals surface area contributed by atoms with Crippen molar-refractivity contribution in [1.82, 2.24) is 0 Å². The van der Waals surface area contributed by atoms with Gasteiger partial charge in [0.15, 0.2) is 0 Å². The Labute approximate surface area is 118 Å². The molecule has 20 heavy (non-hydrogen) atoms.